The van der Waals surface area contributed by atoms with E-state index in [1.54, 1.807) is 22.9 Å². The highest BCUT2D eigenvalue weighted by atomic mass is 32.2. The third-order valence-electron chi connectivity index (χ3n) is 7.09. The fourth-order valence-corrected chi connectivity index (χ4v) is 6.90. The largest absolute Gasteiger partial charge is 0.349 e. The number of carbonyl (C=O) groups is 1. The summed E-state index contributed by atoms with van der Waals surface area (Å²) in [5.74, 6) is 1.09. The van der Waals surface area contributed by atoms with E-state index in [-0.39, 0.29) is 40.8 Å². The third kappa shape index (κ3) is 4.82. The zero-order valence-corrected chi connectivity index (χ0v) is 21.6. The summed E-state index contributed by atoms with van der Waals surface area (Å²) in [6.45, 7) is 0. The number of aromatic nitrogens is 4. The Morgan fingerprint density at radius 1 is 1.08 bits per heavy atom. The van der Waals surface area contributed by atoms with Gasteiger partial charge in [-0.15, -0.1) is 11.8 Å². The topological polar surface area (TPSA) is 98.9 Å². The second kappa shape index (κ2) is 10.8. The molecule has 1 N–H and O–H groups in total. The van der Waals surface area contributed by atoms with Crippen LogP contribution in [0.4, 0.5) is 4.39 Å². The second-order valence-corrected chi connectivity index (χ2v) is 11.3. The molecule has 190 valence electrons. The minimum atomic E-state index is -0.595. The summed E-state index contributed by atoms with van der Waals surface area (Å²) in [4.78, 5) is 48.4. The lowest BCUT2D eigenvalue weighted by Gasteiger charge is -2.31. The van der Waals surface area contributed by atoms with E-state index in [0.29, 0.717) is 36.3 Å². The molecule has 1 aliphatic carbocycles. The minimum Gasteiger partial charge on any atom is -0.349 e. The Morgan fingerprint density at radius 2 is 1.81 bits per heavy atom. The van der Waals surface area contributed by atoms with Gasteiger partial charge < -0.3 is 5.32 Å². The molecule has 4 heterocycles. The van der Waals surface area contributed by atoms with Gasteiger partial charge in [-0.25, -0.2) is 19.2 Å². The molecule has 0 spiro atoms. The van der Waals surface area contributed by atoms with E-state index >= 15 is 0 Å². The van der Waals surface area contributed by atoms with Gasteiger partial charge in [0, 0.05) is 24.3 Å². The first-order valence-corrected chi connectivity index (χ1v) is 14.6. The molecule has 0 unspecified atom stereocenters. The lowest BCUT2D eigenvalue weighted by Crippen LogP contribution is -2.46. The maximum atomic E-state index is 14.1. The Balaban J connectivity index is 1.41. The van der Waals surface area contributed by atoms with E-state index in [9.17, 15) is 18.8 Å². The number of pyridine rings is 2. The molecule has 11 heteroatoms. The molecule has 1 saturated heterocycles. The van der Waals surface area contributed by atoms with Crippen LogP contribution in [-0.2, 0) is 0 Å². The van der Waals surface area contributed by atoms with Gasteiger partial charge in [-0.1, -0.05) is 0 Å². The van der Waals surface area contributed by atoms with Crippen LogP contribution >= 0.6 is 23.5 Å². The normalized spacial score (nSPS) is 20.9. The highest BCUT2D eigenvalue weighted by Crippen LogP contribution is 2.30. The SMILES string of the molecule is CSc1ncccc1C(=O)NC1CCC(n2c(=O)c3cc(F)cnc3n(C3CCSCC3)c2=O)CC1. The van der Waals surface area contributed by atoms with Crippen molar-refractivity contribution in [3.63, 3.8) is 0 Å². The van der Waals surface area contributed by atoms with E-state index in [0.717, 1.165) is 30.5 Å². The van der Waals surface area contributed by atoms with Crippen molar-refractivity contribution in [1.29, 1.82) is 0 Å². The lowest BCUT2D eigenvalue weighted by atomic mass is 9.90. The van der Waals surface area contributed by atoms with Crippen LogP contribution in [0.5, 0.6) is 0 Å². The van der Waals surface area contributed by atoms with Crippen LogP contribution in [0.15, 0.2) is 45.2 Å². The van der Waals surface area contributed by atoms with Crippen molar-refractivity contribution in [2.24, 2.45) is 0 Å². The van der Waals surface area contributed by atoms with E-state index in [2.05, 4.69) is 15.3 Å². The van der Waals surface area contributed by atoms with Gasteiger partial charge in [0.1, 0.15) is 16.5 Å². The van der Waals surface area contributed by atoms with Gasteiger partial charge in [0.05, 0.1) is 17.1 Å². The third-order valence-corrected chi connectivity index (χ3v) is 8.85. The molecule has 5 rings (SSSR count). The van der Waals surface area contributed by atoms with Crippen molar-refractivity contribution in [3.8, 4) is 0 Å². The number of fused-ring (bicyclic) bond motifs is 1. The highest BCUT2D eigenvalue weighted by molar-refractivity contribution is 7.99. The van der Waals surface area contributed by atoms with Crippen LogP contribution in [0.1, 0.15) is 61.0 Å². The average Bonchev–Trinajstić information content (AvgIpc) is 2.90. The molecule has 2 fully saturated rings. The molecule has 0 bridgehead atoms. The van der Waals surface area contributed by atoms with Crippen molar-refractivity contribution in [1.82, 2.24) is 24.4 Å². The van der Waals surface area contributed by atoms with Crippen molar-refractivity contribution in [2.45, 2.75) is 61.7 Å². The molecule has 1 saturated carbocycles. The van der Waals surface area contributed by atoms with Crippen LogP contribution in [-0.4, -0.2) is 48.8 Å². The minimum absolute atomic E-state index is 0.0588. The van der Waals surface area contributed by atoms with Gasteiger partial charge in [0.25, 0.3) is 11.5 Å². The summed E-state index contributed by atoms with van der Waals surface area (Å²) in [5.41, 5.74) is -0.0469. The predicted molar refractivity (Wildman–Crippen MR) is 141 cm³/mol. The van der Waals surface area contributed by atoms with E-state index in [1.165, 1.54) is 22.4 Å². The van der Waals surface area contributed by atoms with Gasteiger partial charge >= 0.3 is 5.69 Å². The molecular formula is C25H28FN5O3S2. The van der Waals surface area contributed by atoms with Crippen molar-refractivity contribution < 1.29 is 9.18 Å². The molecule has 36 heavy (non-hydrogen) atoms. The predicted octanol–water partition coefficient (Wildman–Crippen LogP) is 3.80. The second-order valence-electron chi connectivity index (χ2n) is 9.24. The summed E-state index contributed by atoms with van der Waals surface area (Å²) < 4.78 is 17.0. The van der Waals surface area contributed by atoms with Crippen molar-refractivity contribution in [3.05, 3.63) is 62.8 Å². The molecule has 8 nitrogen and oxygen atoms in total. The molecular weight excluding hydrogens is 501 g/mol. The number of nitrogens with one attached hydrogen (secondary N) is 1. The van der Waals surface area contributed by atoms with Crippen LogP contribution < -0.4 is 16.6 Å². The first-order chi connectivity index (χ1) is 17.5. The maximum absolute atomic E-state index is 14.1. The number of hydrogen-bond donors (Lipinski definition) is 1. The average molecular weight is 530 g/mol. The molecule has 1 aliphatic heterocycles. The number of rotatable bonds is 5. The number of halogens is 1. The van der Waals surface area contributed by atoms with Crippen molar-refractivity contribution >= 4 is 40.5 Å². The number of nitrogens with zero attached hydrogens (tertiary/aromatic N) is 4. The fraction of sp³-hybridized carbons (Fsp3) is 0.480. The summed E-state index contributed by atoms with van der Waals surface area (Å²) in [6, 6.07) is 4.26. The summed E-state index contributed by atoms with van der Waals surface area (Å²) in [7, 11) is 0. The lowest BCUT2D eigenvalue weighted by molar-refractivity contribution is 0.0918. The van der Waals surface area contributed by atoms with Gasteiger partial charge in [0.15, 0.2) is 0 Å². The quantitative estimate of drug-likeness (QED) is 0.502. The van der Waals surface area contributed by atoms with Gasteiger partial charge in [-0.3, -0.25) is 18.7 Å². The van der Waals surface area contributed by atoms with Gasteiger partial charge in [0.2, 0.25) is 0 Å². The zero-order chi connectivity index (χ0) is 25.2. The first kappa shape index (κ1) is 25.0. The fourth-order valence-electron chi connectivity index (χ4n) is 5.27. The number of carbonyl (C=O) groups excluding carboxylic acids is 1. The molecule has 3 aromatic rings. The molecule has 3 aromatic heterocycles. The Labute approximate surface area is 216 Å². The Morgan fingerprint density at radius 3 is 2.53 bits per heavy atom. The molecule has 0 atom stereocenters. The van der Waals surface area contributed by atoms with Crippen LogP contribution in [0.25, 0.3) is 11.0 Å². The van der Waals surface area contributed by atoms with E-state index < -0.39 is 11.4 Å². The number of amides is 1. The smallest absolute Gasteiger partial charge is 0.333 e. The van der Waals surface area contributed by atoms with Crippen LogP contribution in [0.3, 0.4) is 0 Å². The monoisotopic (exact) mass is 529 g/mol. The summed E-state index contributed by atoms with van der Waals surface area (Å²) >= 11 is 3.27. The van der Waals surface area contributed by atoms with E-state index in [1.807, 2.05) is 18.0 Å². The van der Waals surface area contributed by atoms with Gasteiger partial charge in [-0.05, 0) is 74.5 Å². The highest BCUT2D eigenvalue weighted by Gasteiger charge is 2.30. The zero-order valence-electron chi connectivity index (χ0n) is 20.0. The van der Waals surface area contributed by atoms with Crippen molar-refractivity contribution in [2.75, 3.05) is 17.8 Å². The maximum Gasteiger partial charge on any atom is 0.333 e. The molecule has 1 amide bonds. The van der Waals surface area contributed by atoms with Crippen LogP contribution in [0.2, 0.25) is 0 Å². The Hall–Kier alpha value is -2.66. The summed E-state index contributed by atoms with van der Waals surface area (Å²) in [5, 5.41) is 3.90. The summed E-state index contributed by atoms with van der Waals surface area (Å²) in [6.07, 6.45) is 8.63. The van der Waals surface area contributed by atoms with E-state index in [4.69, 9.17) is 0 Å². The first-order valence-electron chi connectivity index (χ1n) is 12.2. The number of thioether (sulfide) groups is 2. The molecule has 0 radical (unpaired) electrons. The molecule has 0 aromatic carbocycles. The Bertz CT molecular complexity index is 1390. The standard InChI is InChI=1S/C25H28FN5O3S2/c1-35-23-19(3-2-10-27-23)22(32)29-16-4-6-17(7-5-16)31-24(33)20-13-15(26)14-28-21(20)30(25(31)34)18-8-11-36-12-9-18/h2-3,10,13-14,16-18H,4-9,11-12H2,1H3,(H,29,32). The number of hydrogen-bond acceptors (Lipinski definition) is 7. The Kier molecular flexibility index (Phi) is 7.47. The van der Waals surface area contributed by atoms with Gasteiger partial charge in [-0.2, -0.15) is 11.8 Å². The van der Waals surface area contributed by atoms with Crippen LogP contribution in [0, 0.1) is 5.82 Å². The molecule has 2 aliphatic rings.